The lowest BCUT2D eigenvalue weighted by molar-refractivity contribution is -0.143. The highest BCUT2D eigenvalue weighted by Crippen LogP contribution is 2.37. The number of hydrogen-bond acceptors (Lipinski definition) is 6. The van der Waals surface area contributed by atoms with E-state index in [1.165, 1.54) is 12.1 Å². The second kappa shape index (κ2) is 14.2. The van der Waals surface area contributed by atoms with Crippen LogP contribution in [-0.4, -0.2) is 45.9 Å². The standard InChI is InChI=1S/C25H38FNO5/c1-2-32-25(30)8-6-4-3-5-7-22-21(23(27-31)17-24(22)29)16-15-20(28)14-11-18-9-12-19(26)13-10-18/h9-10,12-13,20-22,24,28-29,31H,2-8,11,14-17H2,1H3/b27-23-/t20-,21+,22+,24-/m0/s1. The Morgan fingerprint density at radius 2 is 1.88 bits per heavy atom. The van der Waals surface area contributed by atoms with Gasteiger partial charge < -0.3 is 20.2 Å². The summed E-state index contributed by atoms with van der Waals surface area (Å²) in [5, 5.41) is 33.7. The SMILES string of the molecule is CCOC(=O)CCCCCC[C@H]1[C@@H](O)C/C(=N/O)[C@@H]1CC[C@@H](O)CCc1ccc(F)cc1. The van der Waals surface area contributed by atoms with Crippen molar-refractivity contribution in [1.82, 2.24) is 0 Å². The Morgan fingerprint density at radius 3 is 2.56 bits per heavy atom. The largest absolute Gasteiger partial charge is 0.466 e. The fraction of sp³-hybridized carbons (Fsp3) is 0.680. The van der Waals surface area contributed by atoms with E-state index in [9.17, 15) is 24.6 Å². The van der Waals surface area contributed by atoms with Crippen molar-refractivity contribution in [3.8, 4) is 0 Å². The van der Waals surface area contributed by atoms with Gasteiger partial charge in [-0.3, -0.25) is 4.79 Å². The molecule has 0 aliphatic heterocycles. The van der Waals surface area contributed by atoms with Gasteiger partial charge in [-0.15, -0.1) is 0 Å². The molecule has 1 fully saturated rings. The summed E-state index contributed by atoms with van der Waals surface area (Å²) < 4.78 is 17.9. The van der Waals surface area contributed by atoms with E-state index in [-0.39, 0.29) is 23.6 Å². The molecule has 0 heterocycles. The summed E-state index contributed by atoms with van der Waals surface area (Å²) in [6, 6.07) is 6.31. The average molecular weight is 452 g/mol. The normalized spacial score (nSPS) is 22.9. The molecule has 1 saturated carbocycles. The summed E-state index contributed by atoms with van der Waals surface area (Å²) in [4.78, 5) is 11.4. The van der Waals surface area contributed by atoms with Crippen LogP contribution in [0.5, 0.6) is 0 Å². The molecule has 0 saturated heterocycles. The van der Waals surface area contributed by atoms with Crippen LogP contribution in [0.15, 0.2) is 29.4 Å². The molecule has 0 bridgehead atoms. The highest BCUT2D eigenvalue weighted by molar-refractivity contribution is 5.89. The van der Waals surface area contributed by atoms with Gasteiger partial charge in [-0.25, -0.2) is 4.39 Å². The Morgan fingerprint density at radius 1 is 1.16 bits per heavy atom. The van der Waals surface area contributed by atoms with E-state index in [1.54, 1.807) is 19.1 Å². The maximum Gasteiger partial charge on any atom is 0.305 e. The van der Waals surface area contributed by atoms with E-state index in [0.717, 1.165) is 37.7 Å². The Hall–Kier alpha value is -1.99. The van der Waals surface area contributed by atoms with Crippen molar-refractivity contribution >= 4 is 11.7 Å². The van der Waals surface area contributed by atoms with Crippen LogP contribution in [0.3, 0.4) is 0 Å². The van der Waals surface area contributed by atoms with Crippen LogP contribution in [0.1, 0.15) is 76.7 Å². The molecule has 7 heteroatoms. The molecule has 3 N–H and O–H groups in total. The number of nitrogens with zero attached hydrogens (tertiary/aromatic N) is 1. The van der Waals surface area contributed by atoms with Crippen molar-refractivity contribution in [2.24, 2.45) is 17.0 Å². The molecule has 0 spiro atoms. The number of ether oxygens (including phenoxy) is 1. The molecule has 0 amide bonds. The van der Waals surface area contributed by atoms with E-state index < -0.39 is 12.2 Å². The molecular formula is C25H38FNO5. The third-order valence-corrected chi connectivity index (χ3v) is 6.45. The first-order valence-electron chi connectivity index (χ1n) is 11.9. The summed E-state index contributed by atoms with van der Waals surface area (Å²) in [6.07, 6.45) is 6.76. The number of unbranched alkanes of at least 4 members (excludes halogenated alkanes) is 3. The molecule has 0 radical (unpaired) electrons. The van der Waals surface area contributed by atoms with Gasteiger partial charge in [0.05, 0.1) is 24.5 Å². The molecule has 0 unspecified atom stereocenters. The van der Waals surface area contributed by atoms with Crippen molar-refractivity contribution in [1.29, 1.82) is 0 Å². The van der Waals surface area contributed by atoms with Crippen LogP contribution in [0.2, 0.25) is 0 Å². The number of halogens is 1. The van der Waals surface area contributed by atoms with Gasteiger partial charge in [-0.05, 0) is 69.1 Å². The number of esters is 1. The van der Waals surface area contributed by atoms with Crippen LogP contribution >= 0.6 is 0 Å². The number of aliphatic hydroxyl groups is 2. The Bertz CT molecular complexity index is 709. The number of aryl methyl sites for hydroxylation is 1. The molecule has 1 aromatic rings. The molecule has 1 aliphatic carbocycles. The smallest absolute Gasteiger partial charge is 0.305 e. The van der Waals surface area contributed by atoms with Gasteiger partial charge in [0.2, 0.25) is 0 Å². The topological polar surface area (TPSA) is 99.4 Å². The summed E-state index contributed by atoms with van der Waals surface area (Å²) >= 11 is 0. The fourth-order valence-electron chi connectivity index (χ4n) is 4.66. The highest BCUT2D eigenvalue weighted by Gasteiger charge is 2.39. The maximum atomic E-state index is 13.0. The van der Waals surface area contributed by atoms with Crippen LogP contribution in [0.25, 0.3) is 0 Å². The highest BCUT2D eigenvalue weighted by atomic mass is 19.1. The van der Waals surface area contributed by atoms with Crippen molar-refractivity contribution in [2.45, 2.75) is 89.8 Å². The molecule has 180 valence electrons. The average Bonchev–Trinajstić information content (AvgIpc) is 3.08. The summed E-state index contributed by atoms with van der Waals surface area (Å²) in [5.74, 6) is -0.430. The van der Waals surface area contributed by atoms with Crippen LogP contribution < -0.4 is 0 Å². The molecular weight excluding hydrogens is 413 g/mol. The minimum Gasteiger partial charge on any atom is -0.466 e. The number of aliphatic hydroxyl groups excluding tert-OH is 2. The first kappa shape index (κ1) is 26.3. The number of hydrogen-bond donors (Lipinski definition) is 3. The summed E-state index contributed by atoms with van der Waals surface area (Å²) in [6.45, 7) is 2.21. The zero-order valence-corrected chi connectivity index (χ0v) is 19.1. The Labute approximate surface area is 190 Å². The van der Waals surface area contributed by atoms with E-state index >= 15 is 0 Å². The van der Waals surface area contributed by atoms with Gasteiger partial charge in [-0.2, -0.15) is 0 Å². The van der Waals surface area contributed by atoms with Gasteiger partial charge in [0, 0.05) is 18.8 Å². The Kier molecular flexibility index (Phi) is 11.7. The molecule has 2 rings (SSSR count). The van der Waals surface area contributed by atoms with Crippen molar-refractivity contribution in [2.75, 3.05) is 6.61 Å². The predicted molar refractivity (Wildman–Crippen MR) is 121 cm³/mol. The van der Waals surface area contributed by atoms with E-state index in [4.69, 9.17) is 4.74 Å². The molecule has 4 atom stereocenters. The van der Waals surface area contributed by atoms with E-state index in [0.29, 0.717) is 50.8 Å². The second-order valence-electron chi connectivity index (χ2n) is 8.79. The zero-order valence-electron chi connectivity index (χ0n) is 19.1. The van der Waals surface area contributed by atoms with Crippen molar-refractivity contribution in [3.63, 3.8) is 0 Å². The number of rotatable bonds is 14. The van der Waals surface area contributed by atoms with Gasteiger partial charge in [0.25, 0.3) is 0 Å². The quantitative estimate of drug-likeness (QED) is 0.166. The monoisotopic (exact) mass is 451 g/mol. The molecule has 32 heavy (non-hydrogen) atoms. The lowest BCUT2D eigenvalue weighted by Crippen LogP contribution is -2.22. The minimum absolute atomic E-state index is 0.0234. The maximum absolute atomic E-state index is 13.0. The first-order chi connectivity index (χ1) is 15.4. The van der Waals surface area contributed by atoms with Crippen LogP contribution in [0.4, 0.5) is 4.39 Å². The number of carbonyl (C=O) groups is 1. The molecule has 1 aromatic carbocycles. The first-order valence-corrected chi connectivity index (χ1v) is 11.9. The molecule has 1 aliphatic rings. The number of benzene rings is 1. The summed E-state index contributed by atoms with van der Waals surface area (Å²) in [7, 11) is 0. The predicted octanol–water partition coefficient (Wildman–Crippen LogP) is 4.63. The zero-order chi connectivity index (χ0) is 23.3. The van der Waals surface area contributed by atoms with Gasteiger partial charge in [-0.1, -0.05) is 36.6 Å². The van der Waals surface area contributed by atoms with Gasteiger partial charge in [0.15, 0.2) is 0 Å². The molecule has 0 aromatic heterocycles. The minimum atomic E-state index is -0.526. The third kappa shape index (κ3) is 8.87. The van der Waals surface area contributed by atoms with Gasteiger partial charge >= 0.3 is 5.97 Å². The Balaban J connectivity index is 1.73. The third-order valence-electron chi connectivity index (χ3n) is 6.45. The second-order valence-corrected chi connectivity index (χ2v) is 8.79. The lowest BCUT2D eigenvalue weighted by atomic mass is 9.84. The summed E-state index contributed by atoms with van der Waals surface area (Å²) in [5.41, 5.74) is 1.61. The van der Waals surface area contributed by atoms with Gasteiger partial charge in [0.1, 0.15) is 5.82 Å². The fourth-order valence-corrected chi connectivity index (χ4v) is 4.66. The van der Waals surface area contributed by atoms with Crippen LogP contribution in [0, 0.1) is 17.7 Å². The number of oxime groups is 1. The van der Waals surface area contributed by atoms with E-state index in [1.807, 2.05) is 0 Å². The van der Waals surface area contributed by atoms with Crippen molar-refractivity contribution < 1.29 is 29.3 Å². The van der Waals surface area contributed by atoms with Crippen LogP contribution in [-0.2, 0) is 16.0 Å². The lowest BCUT2D eigenvalue weighted by Gasteiger charge is -2.23. The number of carbonyl (C=O) groups excluding carboxylic acids is 1. The van der Waals surface area contributed by atoms with E-state index in [2.05, 4.69) is 5.16 Å². The van der Waals surface area contributed by atoms with Crippen molar-refractivity contribution in [3.05, 3.63) is 35.6 Å². The molecule has 6 nitrogen and oxygen atoms in total.